The number of aliphatic carboxylic acids is 1. The number of ether oxygens (including phenoxy) is 5. The van der Waals surface area contributed by atoms with Crippen LogP contribution < -0.4 is 14.2 Å². The number of fused-ring (bicyclic) bond motifs is 13. The van der Waals surface area contributed by atoms with Crippen molar-refractivity contribution in [2.24, 2.45) is 17.8 Å². The minimum atomic E-state index is -2.12. The van der Waals surface area contributed by atoms with Crippen LogP contribution in [0.2, 0.25) is 15.1 Å². The minimum Gasteiger partial charge on any atom is -0.481 e. The third-order valence-electron chi connectivity index (χ3n) is 19.3. The van der Waals surface area contributed by atoms with Gasteiger partial charge in [0.25, 0.3) is 0 Å². The Morgan fingerprint density at radius 3 is 1.04 bits per heavy atom. The fraction of sp³-hybridized carbons (Fsp3) is 0.217. The molecule has 15 atom stereocenters. The molecule has 0 bridgehead atoms. The third kappa shape index (κ3) is 8.24. The van der Waals surface area contributed by atoms with E-state index in [9.17, 15) is 39.9 Å². The number of nitrogens with zero attached hydrogens (tertiary/aromatic N) is 3. The van der Waals surface area contributed by atoms with Crippen LogP contribution >= 0.6 is 82.6 Å². The summed E-state index contributed by atoms with van der Waals surface area (Å²) in [6, 6.07) is 55.2. The largest absolute Gasteiger partial charge is 0.481 e. The van der Waals surface area contributed by atoms with Crippen LogP contribution in [0, 0.1) is 17.8 Å². The number of carbonyl (C=O) groups is 3. The van der Waals surface area contributed by atoms with Crippen molar-refractivity contribution in [2.75, 3.05) is 0 Å². The second kappa shape index (κ2) is 21.7. The van der Waals surface area contributed by atoms with Gasteiger partial charge < -0.3 is 49.2 Å². The van der Waals surface area contributed by atoms with Crippen LogP contribution in [0.5, 0.6) is 17.2 Å². The molecular weight excluding hydrogens is 1420 g/mol. The van der Waals surface area contributed by atoms with Crippen LogP contribution in [-0.4, -0.2) is 76.7 Å². The molecule has 91 heavy (non-hydrogen) atoms. The van der Waals surface area contributed by atoms with E-state index in [-0.39, 0.29) is 23.4 Å². The molecule has 5 N–H and O–H groups in total. The maximum Gasteiger partial charge on any atom is 0.314 e. The molecule has 3 aliphatic carbocycles. The fourth-order valence-electron chi connectivity index (χ4n) is 15.8. The number of hydrogen-bond donors (Lipinski definition) is 5. The van der Waals surface area contributed by atoms with E-state index in [1.165, 1.54) is 24.7 Å². The van der Waals surface area contributed by atoms with E-state index in [0.29, 0.717) is 49.1 Å². The highest BCUT2D eigenvalue weighted by molar-refractivity contribution is 9.11. The number of esters is 2. The van der Waals surface area contributed by atoms with Gasteiger partial charge in [0.2, 0.25) is 0 Å². The Morgan fingerprint density at radius 2 is 0.736 bits per heavy atom. The van der Waals surface area contributed by atoms with Gasteiger partial charge in [0.15, 0.2) is 45.8 Å². The molecule has 8 aliphatic rings. The molecule has 0 spiro atoms. The van der Waals surface area contributed by atoms with E-state index < -0.39 is 93.4 Å². The highest BCUT2D eigenvalue weighted by atomic mass is 79.9. The first kappa shape index (κ1) is 60.0. The number of hydrogen-bond acceptors (Lipinski definition) is 15. The number of pyridine rings is 3. The van der Waals surface area contributed by atoms with Gasteiger partial charge in [0.1, 0.15) is 52.3 Å². The van der Waals surface area contributed by atoms with Crippen molar-refractivity contribution in [1.29, 1.82) is 0 Å². The van der Waals surface area contributed by atoms with Crippen molar-refractivity contribution in [1.82, 2.24) is 15.0 Å². The monoisotopic (exact) mass is 1470 g/mol. The topological polar surface area (TPSA) is 237 Å². The van der Waals surface area contributed by atoms with E-state index in [2.05, 4.69) is 62.7 Å². The molecule has 458 valence electrons. The molecule has 9 aromatic rings. The SMILES string of the molecule is O=C(O)[C@H]1[C@@H](O)[C@@]2(O)c3ncc(Cl)cc3O[C@@]2(c2ccc(Br)cc2)[C@@H]1c1ccccc1.O=C1O[C@@H]2[C@H]1[C@@H](c1ccccc1)[C@]1(c3ccc(Br)cc3)Oc3cc(Cl)cnc3[C@]21O.O=C1O[C@@H]2[C@H]1[C@@H](c1ccccc1)[C@]1(c3ccc(Br)cc3)Oc3cc(Cl)cnc3[C@]21O. The third-order valence-corrected chi connectivity index (χ3v) is 21.5. The van der Waals surface area contributed by atoms with E-state index in [4.69, 9.17) is 58.5 Å². The molecule has 3 saturated carbocycles. The Kier molecular flexibility index (Phi) is 14.3. The highest BCUT2D eigenvalue weighted by Crippen LogP contribution is 2.74. The zero-order valence-corrected chi connectivity index (χ0v) is 53.9. The number of benzene rings is 6. The molecule has 22 heteroatoms. The maximum absolute atomic E-state index is 12.6. The Bertz CT molecular complexity index is 4250. The number of rotatable bonds is 7. The minimum absolute atomic E-state index is 0.0667. The number of halogens is 6. The molecule has 6 aromatic carbocycles. The number of carboxylic acids is 1. The predicted molar refractivity (Wildman–Crippen MR) is 340 cm³/mol. The van der Waals surface area contributed by atoms with Crippen LogP contribution in [0.1, 0.15) is 68.2 Å². The van der Waals surface area contributed by atoms with Gasteiger partial charge in [-0.1, -0.05) is 210 Å². The summed E-state index contributed by atoms with van der Waals surface area (Å²) < 4.78 is 33.2. The molecule has 5 fully saturated rings. The molecule has 2 saturated heterocycles. The van der Waals surface area contributed by atoms with Crippen LogP contribution in [-0.2, 0) is 57.5 Å². The van der Waals surface area contributed by atoms with Crippen LogP contribution in [0.15, 0.2) is 214 Å². The summed E-state index contributed by atoms with van der Waals surface area (Å²) in [5.41, 5.74) is -4.51. The molecular formula is C69H47Br3Cl3N3O13. The van der Waals surface area contributed by atoms with Crippen LogP contribution in [0.3, 0.4) is 0 Å². The van der Waals surface area contributed by atoms with Crippen molar-refractivity contribution >= 4 is 101 Å². The van der Waals surface area contributed by atoms with Crippen molar-refractivity contribution in [3.05, 3.63) is 280 Å². The molecule has 5 aliphatic heterocycles. The standard InChI is InChI=1S/C23H17BrClNO5.2C23H15BrClNO4/c24-14-8-6-13(7-9-14)23-18(12-4-2-1-3-5-12)17(21(28)29)20(27)22(23,30)19-16(31-23)10-15(25)11-26-19;2*24-14-8-6-13(7-9-14)23-18(12-4-2-1-3-5-12)17-20(29-21(17)27)22(23,28)19-16(30-23)10-15(25)11-26-19/h1-11,17-18,20,27,30H,(H,28,29);2*1-11,17-18,20,28H/t3*17-,18-,20-,22+,23+/m111/s1. The highest BCUT2D eigenvalue weighted by Gasteiger charge is 2.85. The van der Waals surface area contributed by atoms with Gasteiger partial charge >= 0.3 is 17.9 Å². The van der Waals surface area contributed by atoms with Gasteiger partial charge in [-0.2, -0.15) is 0 Å². The Balaban J connectivity index is 0.000000114. The lowest BCUT2D eigenvalue weighted by Gasteiger charge is -2.40. The zero-order valence-electron chi connectivity index (χ0n) is 46.9. The quantitative estimate of drug-likeness (QED) is 0.0933. The first-order chi connectivity index (χ1) is 43.7. The second-order valence-electron chi connectivity index (χ2n) is 23.6. The molecule has 3 aromatic heterocycles. The summed E-state index contributed by atoms with van der Waals surface area (Å²) in [7, 11) is 0. The van der Waals surface area contributed by atoms with Crippen LogP contribution in [0.4, 0.5) is 0 Å². The second-order valence-corrected chi connectivity index (χ2v) is 27.6. The van der Waals surface area contributed by atoms with E-state index in [1.807, 2.05) is 115 Å². The lowest BCUT2D eigenvalue weighted by molar-refractivity contribution is -0.214. The summed E-state index contributed by atoms with van der Waals surface area (Å²) in [5, 5.41) is 59.2. The molecule has 8 heterocycles. The summed E-state index contributed by atoms with van der Waals surface area (Å²) in [5.74, 6) is -5.21. The number of carboxylic acid groups (broad SMARTS) is 1. The summed E-state index contributed by atoms with van der Waals surface area (Å²) in [4.78, 5) is 50.8. The summed E-state index contributed by atoms with van der Waals surface area (Å²) >= 11 is 28.8. The van der Waals surface area contributed by atoms with Crippen molar-refractivity contribution < 1.29 is 63.6 Å². The van der Waals surface area contributed by atoms with Crippen molar-refractivity contribution in [3.8, 4) is 17.2 Å². The molecule has 0 unspecified atom stereocenters. The fourth-order valence-corrected chi connectivity index (χ4v) is 17.0. The van der Waals surface area contributed by atoms with E-state index >= 15 is 0 Å². The average Bonchev–Trinajstić information content (AvgIpc) is 1.49. The summed E-state index contributed by atoms with van der Waals surface area (Å²) in [6.07, 6.45) is 1.07. The lowest BCUT2D eigenvalue weighted by atomic mass is 9.71. The first-order valence-electron chi connectivity index (χ1n) is 28.7. The smallest absolute Gasteiger partial charge is 0.314 e. The number of aliphatic hydroxyl groups excluding tert-OH is 1. The lowest BCUT2D eigenvalue weighted by Crippen LogP contribution is -2.56. The number of aromatic nitrogens is 3. The zero-order chi connectivity index (χ0) is 63.3. The first-order valence-corrected chi connectivity index (χ1v) is 32.2. The van der Waals surface area contributed by atoms with Gasteiger partial charge in [-0.25, -0.2) is 0 Å². The Labute approximate surface area is 559 Å². The van der Waals surface area contributed by atoms with Crippen molar-refractivity contribution in [2.45, 2.75) is 69.7 Å². The van der Waals surface area contributed by atoms with Gasteiger partial charge in [0.05, 0.1) is 21.0 Å². The van der Waals surface area contributed by atoms with E-state index in [0.717, 1.165) is 35.7 Å². The maximum atomic E-state index is 12.6. The molecule has 17 rings (SSSR count). The normalized spacial score (nSPS) is 32.4. The summed E-state index contributed by atoms with van der Waals surface area (Å²) in [6.45, 7) is 0. The average molecular weight is 1470 g/mol. The predicted octanol–water partition coefficient (Wildman–Crippen LogP) is 12.5. The van der Waals surface area contributed by atoms with Crippen molar-refractivity contribution in [3.63, 3.8) is 0 Å². The van der Waals surface area contributed by atoms with Crippen LogP contribution in [0.25, 0.3) is 0 Å². The van der Waals surface area contributed by atoms with Gasteiger partial charge in [-0.3, -0.25) is 29.3 Å². The molecule has 0 amide bonds. The number of aliphatic hydroxyl groups is 4. The number of carbonyl (C=O) groups excluding carboxylic acids is 2. The molecule has 0 radical (unpaired) electrons. The Hall–Kier alpha value is -7.27. The van der Waals surface area contributed by atoms with E-state index in [1.54, 1.807) is 60.7 Å². The van der Waals surface area contributed by atoms with Gasteiger partial charge in [-0.05, 0) is 69.8 Å². The van der Waals surface area contributed by atoms with Gasteiger partial charge in [0, 0.05) is 68.0 Å². The molecule has 16 nitrogen and oxygen atoms in total. The Morgan fingerprint density at radius 1 is 0.440 bits per heavy atom. The van der Waals surface area contributed by atoms with Gasteiger partial charge in [-0.15, -0.1) is 0 Å².